The molecule has 0 bridgehead atoms. The molecule has 0 amide bonds. The zero-order valence-corrected chi connectivity index (χ0v) is 9.94. The molecule has 108 valence electrons. The van der Waals surface area contributed by atoms with Crippen LogP contribution < -0.4 is 5.73 Å². The Bertz CT molecular complexity index is 679. The molecular weight excluding hydrogens is 290 g/mol. The van der Waals surface area contributed by atoms with Gasteiger partial charge >= 0.3 is 0 Å². The Kier molecular flexibility index (Phi) is 3.11. The molecular formula is C8H5N7O6. The van der Waals surface area contributed by atoms with Gasteiger partial charge in [-0.3, -0.25) is 36.1 Å². The summed E-state index contributed by atoms with van der Waals surface area (Å²) in [6.07, 6.45) is 0.870. The summed E-state index contributed by atoms with van der Waals surface area (Å²) in [7, 11) is 0. The predicted molar refractivity (Wildman–Crippen MR) is 65.6 cm³/mol. The summed E-state index contributed by atoms with van der Waals surface area (Å²) in [5.74, 6) is -2.17. The van der Waals surface area contributed by atoms with Crippen LogP contribution in [-0.4, -0.2) is 21.1 Å². The molecule has 1 aliphatic heterocycles. The number of rotatable bonds is 4. The van der Waals surface area contributed by atoms with Gasteiger partial charge in [-0.2, -0.15) is 0 Å². The molecule has 1 aliphatic rings. The SMILES string of the molecule is NC1(c2c([N+](=O)[O-])cc([N+](=O)[O-])cc2[N+](=O)[O-])N=CN=N1. The molecule has 1 heterocycles. The number of nitro benzene ring substituents is 3. The van der Waals surface area contributed by atoms with E-state index in [0.717, 1.165) is 6.34 Å². The number of hydrogen-bond donors (Lipinski definition) is 1. The Morgan fingerprint density at radius 3 is 1.86 bits per heavy atom. The van der Waals surface area contributed by atoms with Crippen molar-refractivity contribution in [3.63, 3.8) is 0 Å². The summed E-state index contributed by atoms with van der Waals surface area (Å²) in [6.45, 7) is 0. The van der Waals surface area contributed by atoms with Crippen LogP contribution in [0, 0.1) is 30.3 Å². The van der Waals surface area contributed by atoms with Gasteiger partial charge in [0.1, 0.15) is 6.34 Å². The van der Waals surface area contributed by atoms with Crippen LogP contribution in [0.5, 0.6) is 0 Å². The molecule has 1 aromatic rings. The van der Waals surface area contributed by atoms with Gasteiger partial charge in [0.15, 0.2) is 5.56 Å². The summed E-state index contributed by atoms with van der Waals surface area (Å²) in [4.78, 5) is 33.3. The summed E-state index contributed by atoms with van der Waals surface area (Å²) in [5.41, 5.74) is 2.28. The van der Waals surface area contributed by atoms with Crippen molar-refractivity contribution in [1.82, 2.24) is 0 Å². The van der Waals surface area contributed by atoms with Gasteiger partial charge in [0.2, 0.25) is 0 Å². The lowest BCUT2D eigenvalue weighted by Crippen LogP contribution is -2.32. The average molecular weight is 295 g/mol. The van der Waals surface area contributed by atoms with Crippen molar-refractivity contribution in [2.45, 2.75) is 5.79 Å². The Morgan fingerprint density at radius 2 is 1.52 bits per heavy atom. The molecule has 0 fully saturated rings. The highest BCUT2D eigenvalue weighted by molar-refractivity contribution is 5.66. The number of nitro groups is 3. The summed E-state index contributed by atoms with van der Waals surface area (Å²) < 4.78 is 0. The first kappa shape index (κ1) is 14.1. The van der Waals surface area contributed by atoms with E-state index in [1.807, 2.05) is 0 Å². The van der Waals surface area contributed by atoms with Crippen molar-refractivity contribution < 1.29 is 14.8 Å². The molecule has 21 heavy (non-hydrogen) atoms. The van der Waals surface area contributed by atoms with Crippen molar-refractivity contribution in [2.24, 2.45) is 21.0 Å². The largest absolute Gasteiger partial charge is 0.292 e. The standard InChI is InChI=1S/C8H5N7O6/c9-8(10-3-11-12-8)7-5(14(18)19)1-4(13(16)17)2-6(7)15(20)21/h1-3H,9H2. The fourth-order valence-corrected chi connectivity index (χ4v) is 1.74. The fourth-order valence-electron chi connectivity index (χ4n) is 1.74. The number of azo groups is 1. The second-order valence-electron chi connectivity index (χ2n) is 3.82. The van der Waals surface area contributed by atoms with Crippen LogP contribution in [0.2, 0.25) is 0 Å². The van der Waals surface area contributed by atoms with Gasteiger partial charge in [-0.1, -0.05) is 0 Å². The van der Waals surface area contributed by atoms with Crippen molar-refractivity contribution in [1.29, 1.82) is 0 Å². The van der Waals surface area contributed by atoms with Gasteiger partial charge in [0, 0.05) is 0 Å². The molecule has 13 nitrogen and oxygen atoms in total. The van der Waals surface area contributed by atoms with Gasteiger partial charge in [0.25, 0.3) is 22.8 Å². The normalized spacial score (nSPS) is 19.7. The maximum Gasteiger partial charge on any atom is 0.292 e. The minimum absolute atomic E-state index is 0.556. The van der Waals surface area contributed by atoms with E-state index < -0.39 is 43.2 Å². The molecule has 0 saturated heterocycles. The molecule has 0 radical (unpaired) electrons. The van der Waals surface area contributed by atoms with Gasteiger partial charge in [-0.05, 0) is 0 Å². The Morgan fingerprint density at radius 1 is 1.00 bits per heavy atom. The maximum atomic E-state index is 11.1. The van der Waals surface area contributed by atoms with Crippen LogP contribution >= 0.6 is 0 Å². The lowest BCUT2D eigenvalue weighted by atomic mass is 10.0. The summed E-state index contributed by atoms with van der Waals surface area (Å²) in [6, 6.07) is 1.11. The third-order valence-electron chi connectivity index (χ3n) is 2.57. The number of hydrogen-bond acceptors (Lipinski definition) is 10. The molecule has 1 aromatic carbocycles. The second-order valence-corrected chi connectivity index (χ2v) is 3.82. The molecule has 0 spiro atoms. The van der Waals surface area contributed by atoms with Gasteiger partial charge in [0.05, 0.1) is 26.9 Å². The molecule has 1 atom stereocenters. The molecule has 0 saturated carbocycles. The van der Waals surface area contributed by atoms with E-state index in [-0.39, 0.29) is 0 Å². The number of non-ortho nitro benzene ring substituents is 1. The van der Waals surface area contributed by atoms with Crippen molar-refractivity contribution in [3.8, 4) is 0 Å². The Labute approximate surface area is 114 Å². The Balaban J connectivity index is 2.86. The second kappa shape index (κ2) is 4.64. The third kappa shape index (κ3) is 2.27. The maximum absolute atomic E-state index is 11.1. The van der Waals surface area contributed by atoms with Crippen LogP contribution in [0.1, 0.15) is 5.56 Å². The van der Waals surface area contributed by atoms with E-state index in [1.54, 1.807) is 0 Å². The van der Waals surface area contributed by atoms with E-state index in [9.17, 15) is 30.3 Å². The van der Waals surface area contributed by atoms with Crippen LogP contribution in [0.4, 0.5) is 17.1 Å². The number of aliphatic imine (C=N–C) groups is 1. The first-order valence-corrected chi connectivity index (χ1v) is 5.12. The molecule has 2 N–H and O–H groups in total. The van der Waals surface area contributed by atoms with Crippen LogP contribution in [0.15, 0.2) is 27.4 Å². The van der Waals surface area contributed by atoms with Crippen LogP contribution in [0.3, 0.4) is 0 Å². The average Bonchev–Trinajstić information content (AvgIpc) is 2.84. The molecule has 0 aliphatic carbocycles. The van der Waals surface area contributed by atoms with Gasteiger partial charge in [-0.15, -0.1) is 10.2 Å². The minimum atomic E-state index is -2.17. The first-order chi connectivity index (χ1) is 9.76. The smallest absolute Gasteiger partial charge is 0.282 e. The number of nitrogens with two attached hydrogens (primary N) is 1. The molecule has 1 unspecified atom stereocenters. The monoisotopic (exact) mass is 295 g/mol. The van der Waals surface area contributed by atoms with Crippen LogP contribution in [0.25, 0.3) is 0 Å². The van der Waals surface area contributed by atoms with E-state index >= 15 is 0 Å². The minimum Gasteiger partial charge on any atom is -0.282 e. The fraction of sp³-hybridized carbons (Fsp3) is 0.125. The zero-order chi connectivity index (χ0) is 15.8. The molecule has 0 aromatic heterocycles. The molecule has 2 rings (SSSR count). The number of nitrogens with zero attached hydrogens (tertiary/aromatic N) is 6. The topological polar surface area (TPSA) is 193 Å². The zero-order valence-electron chi connectivity index (χ0n) is 9.94. The van der Waals surface area contributed by atoms with Crippen molar-refractivity contribution >= 4 is 23.4 Å². The highest BCUT2D eigenvalue weighted by Gasteiger charge is 2.44. The lowest BCUT2D eigenvalue weighted by Gasteiger charge is -2.15. The Hall–Kier alpha value is -3.35. The highest BCUT2D eigenvalue weighted by atomic mass is 16.6. The third-order valence-corrected chi connectivity index (χ3v) is 2.57. The van der Waals surface area contributed by atoms with Crippen molar-refractivity contribution in [3.05, 3.63) is 48.0 Å². The number of benzene rings is 1. The van der Waals surface area contributed by atoms with Crippen molar-refractivity contribution in [2.75, 3.05) is 0 Å². The summed E-state index contributed by atoms with van der Waals surface area (Å²) >= 11 is 0. The van der Waals surface area contributed by atoms with Gasteiger partial charge < -0.3 is 0 Å². The van der Waals surface area contributed by atoms with E-state index in [4.69, 9.17) is 5.73 Å². The van der Waals surface area contributed by atoms with Crippen LogP contribution in [-0.2, 0) is 5.79 Å². The lowest BCUT2D eigenvalue weighted by molar-refractivity contribution is -0.404. The first-order valence-electron chi connectivity index (χ1n) is 5.12. The summed E-state index contributed by atoms with van der Waals surface area (Å²) in [5, 5.41) is 39.5. The van der Waals surface area contributed by atoms with E-state index in [2.05, 4.69) is 15.2 Å². The predicted octanol–water partition coefficient (Wildman–Crippen LogP) is 0.974. The highest BCUT2D eigenvalue weighted by Crippen LogP contribution is 2.41. The molecule has 13 heteroatoms. The van der Waals surface area contributed by atoms with Gasteiger partial charge in [-0.25, -0.2) is 4.99 Å². The quantitative estimate of drug-likeness (QED) is 0.630. The van der Waals surface area contributed by atoms with E-state index in [1.165, 1.54) is 0 Å². The van der Waals surface area contributed by atoms with E-state index in [0.29, 0.717) is 12.1 Å².